The lowest BCUT2D eigenvalue weighted by molar-refractivity contribution is -0.911. The van der Waals surface area contributed by atoms with Gasteiger partial charge in [-0.05, 0) is 32.3 Å². The van der Waals surface area contributed by atoms with Crippen LogP contribution in [-0.2, 0) is 14.3 Å². The summed E-state index contributed by atoms with van der Waals surface area (Å²) in [5, 5.41) is 0. The monoisotopic (exact) mass is 466 g/mol. The van der Waals surface area contributed by atoms with E-state index in [-0.39, 0.29) is 35.9 Å². The molecule has 1 saturated heterocycles. The number of hydrogen-bond acceptors (Lipinski definition) is 3. The molecule has 0 aliphatic carbocycles. The summed E-state index contributed by atoms with van der Waals surface area (Å²) in [5.74, 6) is -0.0319. The van der Waals surface area contributed by atoms with Crippen molar-refractivity contribution in [2.45, 2.75) is 52.4 Å². The van der Waals surface area contributed by atoms with Crippen molar-refractivity contribution in [3.05, 3.63) is 12.2 Å². The second-order valence-electron chi connectivity index (χ2n) is 7.01. The fraction of sp³-hybridized carbons (Fsp3) is 0.789. The van der Waals surface area contributed by atoms with E-state index in [9.17, 15) is 9.59 Å². The highest BCUT2D eigenvalue weighted by molar-refractivity contribution is 5.87. The summed E-state index contributed by atoms with van der Waals surface area (Å²) in [6.45, 7) is 9.19. The molecule has 25 heavy (non-hydrogen) atoms. The van der Waals surface area contributed by atoms with Crippen molar-refractivity contribution in [2.75, 3.05) is 46.4 Å². The molecule has 0 aromatic heterocycles. The average Bonchev–Trinajstić information content (AvgIpc) is 2.56. The Labute approximate surface area is 170 Å². The number of likely N-dealkylation sites (N-methyl/N-ethyl adjacent to an activating group) is 1. The Hall–Kier alpha value is -0.630. The summed E-state index contributed by atoms with van der Waals surface area (Å²) >= 11 is 0. The third kappa shape index (κ3) is 10.8. The van der Waals surface area contributed by atoms with E-state index in [1.807, 2.05) is 11.0 Å². The summed E-state index contributed by atoms with van der Waals surface area (Å²) < 4.78 is 5.97. The van der Waals surface area contributed by atoms with E-state index < -0.39 is 0 Å². The number of allylic oxidation sites excluding steroid dienone is 1. The van der Waals surface area contributed by atoms with Gasteiger partial charge in [0.05, 0.1) is 46.4 Å². The van der Waals surface area contributed by atoms with Crippen LogP contribution in [0.3, 0.4) is 0 Å². The average molecular weight is 466 g/mol. The van der Waals surface area contributed by atoms with Crippen molar-refractivity contribution in [2.24, 2.45) is 0 Å². The number of rotatable bonds is 10. The molecule has 146 valence electrons. The molecular weight excluding hydrogens is 431 g/mol. The van der Waals surface area contributed by atoms with Gasteiger partial charge in [0.25, 0.3) is 0 Å². The van der Waals surface area contributed by atoms with Gasteiger partial charge in [-0.2, -0.15) is 0 Å². The molecule has 1 aliphatic rings. The number of hydrogen-bond donors (Lipinski definition) is 0. The second kappa shape index (κ2) is 13.6. The smallest absolute Gasteiger partial charge is 0.302 e. The number of nitrogens with zero attached hydrogens (tertiary/aromatic N) is 2. The predicted octanol–water partition coefficient (Wildman–Crippen LogP) is -0.241. The van der Waals surface area contributed by atoms with E-state index in [2.05, 4.69) is 14.0 Å². The molecule has 1 amide bonds. The van der Waals surface area contributed by atoms with Crippen molar-refractivity contribution < 1.29 is 42.8 Å². The standard InChI is InChI=1S/C19H35N2O3.HI/c1-4-21(3)15-13-20(14-16-21)19(23)12-10-8-6-5-7-9-11-17-24-18(2)22;/h10,12H,4-9,11,13-17H2,1-3H3;1H/q+1;/p-1/b12-10+;. The maximum absolute atomic E-state index is 12.2. The van der Waals surface area contributed by atoms with Gasteiger partial charge in [-0.1, -0.05) is 25.3 Å². The topological polar surface area (TPSA) is 46.6 Å². The Balaban J connectivity index is 0.00000576. The van der Waals surface area contributed by atoms with E-state index in [1.54, 1.807) is 6.08 Å². The van der Waals surface area contributed by atoms with Crippen LogP contribution in [0.2, 0.25) is 0 Å². The maximum Gasteiger partial charge on any atom is 0.302 e. The van der Waals surface area contributed by atoms with E-state index in [0.717, 1.165) is 75.7 Å². The molecule has 0 aromatic rings. The molecular formula is C19H35IN2O3. The van der Waals surface area contributed by atoms with E-state index in [4.69, 9.17) is 4.74 Å². The van der Waals surface area contributed by atoms with Crippen molar-refractivity contribution in [3.8, 4) is 0 Å². The molecule has 1 rings (SSSR count). The quantitative estimate of drug-likeness (QED) is 0.147. The Kier molecular flexibility index (Phi) is 13.2. The summed E-state index contributed by atoms with van der Waals surface area (Å²) in [6.07, 6.45) is 10.2. The van der Waals surface area contributed by atoms with Crippen LogP contribution in [0.4, 0.5) is 0 Å². The van der Waals surface area contributed by atoms with Crippen LogP contribution >= 0.6 is 0 Å². The van der Waals surface area contributed by atoms with E-state index in [0.29, 0.717) is 6.61 Å². The Morgan fingerprint density at radius 3 is 2.28 bits per heavy atom. The van der Waals surface area contributed by atoms with Crippen LogP contribution < -0.4 is 24.0 Å². The van der Waals surface area contributed by atoms with Gasteiger partial charge in [0, 0.05) is 6.92 Å². The summed E-state index contributed by atoms with van der Waals surface area (Å²) in [6, 6.07) is 0. The molecule has 0 N–H and O–H groups in total. The molecule has 0 unspecified atom stereocenters. The number of carbonyl (C=O) groups excluding carboxylic acids is 2. The zero-order chi connectivity index (χ0) is 17.8. The van der Waals surface area contributed by atoms with Crippen LogP contribution in [0.25, 0.3) is 0 Å². The van der Waals surface area contributed by atoms with Crippen molar-refractivity contribution >= 4 is 11.9 Å². The van der Waals surface area contributed by atoms with Crippen LogP contribution in [-0.4, -0.2) is 67.6 Å². The summed E-state index contributed by atoms with van der Waals surface area (Å²) in [4.78, 5) is 24.7. The number of amides is 1. The lowest BCUT2D eigenvalue weighted by atomic mass is 10.1. The highest BCUT2D eigenvalue weighted by Gasteiger charge is 2.28. The fourth-order valence-corrected chi connectivity index (χ4v) is 2.88. The molecule has 5 nitrogen and oxygen atoms in total. The lowest BCUT2D eigenvalue weighted by Gasteiger charge is -2.41. The first-order valence-electron chi connectivity index (χ1n) is 9.39. The minimum absolute atomic E-state index is 0. The zero-order valence-electron chi connectivity index (χ0n) is 16.1. The Morgan fingerprint density at radius 1 is 1.08 bits per heavy atom. The van der Waals surface area contributed by atoms with E-state index >= 15 is 0 Å². The SMILES string of the molecule is CC[N+]1(C)CCN(C(=O)/C=C/CCCCCCCOC(C)=O)CC1.[I-]. The molecule has 0 bridgehead atoms. The number of unbranched alkanes of at least 4 members (excludes halogenated alkanes) is 5. The van der Waals surface area contributed by atoms with Gasteiger partial charge < -0.3 is 38.1 Å². The lowest BCUT2D eigenvalue weighted by Crippen LogP contribution is -3.00. The van der Waals surface area contributed by atoms with Gasteiger partial charge in [-0.15, -0.1) is 0 Å². The zero-order valence-corrected chi connectivity index (χ0v) is 18.3. The van der Waals surface area contributed by atoms with E-state index in [1.165, 1.54) is 6.92 Å². The van der Waals surface area contributed by atoms with Gasteiger partial charge >= 0.3 is 5.97 Å². The molecule has 1 heterocycles. The van der Waals surface area contributed by atoms with Gasteiger partial charge in [0.15, 0.2) is 0 Å². The normalized spacial score (nSPS) is 16.5. The molecule has 0 aromatic carbocycles. The summed E-state index contributed by atoms with van der Waals surface area (Å²) in [5.41, 5.74) is 0. The molecule has 0 radical (unpaired) electrons. The van der Waals surface area contributed by atoms with Gasteiger partial charge in [0.1, 0.15) is 0 Å². The molecule has 1 fully saturated rings. The summed E-state index contributed by atoms with van der Waals surface area (Å²) in [7, 11) is 2.27. The Morgan fingerprint density at radius 2 is 1.68 bits per heavy atom. The number of carbonyl (C=O) groups is 2. The largest absolute Gasteiger partial charge is 1.00 e. The predicted molar refractivity (Wildman–Crippen MR) is 96.5 cm³/mol. The number of quaternary nitrogens is 1. The Bertz CT molecular complexity index is 419. The molecule has 0 spiro atoms. The fourth-order valence-electron chi connectivity index (χ4n) is 2.88. The minimum Gasteiger partial charge on any atom is -1.00 e. The maximum atomic E-state index is 12.2. The molecule has 6 heteroatoms. The number of esters is 1. The van der Waals surface area contributed by atoms with Crippen molar-refractivity contribution in [1.82, 2.24) is 4.90 Å². The molecule has 0 saturated carbocycles. The van der Waals surface area contributed by atoms with Crippen molar-refractivity contribution in [1.29, 1.82) is 0 Å². The highest BCUT2D eigenvalue weighted by atomic mass is 127. The van der Waals surface area contributed by atoms with Gasteiger partial charge in [0.2, 0.25) is 5.91 Å². The minimum atomic E-state index is -0.197. The second-order valence-corrected chi connectivity index (χ2v) is 7.01. The first-order valence-corrected chi connectivity index (χ1v) is 9.39. The van der Waals surface area contributed by atoms with Gasteiger partial charge in [-0.25, -0.2) is 0 Å². The highest BCUT2D eigenvalue weighted by Crippen LogP contribution is 2.10. The first kappa shape index (κ1) is 24.4. The van der Waals surface area contributed by atoms with Crippen LogP contribution in [0.5, 0.6) is 0 Å². The third-order valence-electron chi connectivity index (χ3n) is 4.98. The molecule has 1 aliphatic heterocycles. The van der Waals surface area contributed by atoms with Gasteiger partial charge in [-0.3, -0.25) is 9.59 Å². The first-order chi connectivity index (χ1) is 11.5. The van der Waals surface area contributed by atoms with Crippen molar-refractivity contribution in [3.63, 3.8) is 0 Å². The molecule has 0 atom stereocenters. The third-order valence-corrected chi connectivity index (χ3v) is 4.98. The number of halogens is 1. The van der Waals surface area contributed by atoms with Crippen LogP contribution in [0, 0.1) is 0 Å². The number of piperazine rings is 1. The van der Waals surface area contributed by atoms with Crippen LogP contribution in [0.15, 0.2) is 12.2 Å². The number of ether oxygens (including phenoxy) is 1. The van der Waals surface area contributed by atoms with Crippen LogP contribution in [0.1, 0.15) is 52.4 Å².